The molecule has 0 spiro atoms. The van der Waals surface area contributed by atoms with Crippen molar-refractivity contribution in [3.63, 3.8) is 0 Å². The number of nitrogens with zero attached hydrogens (tertiary/aromatic N) is 1. The molecule has 0 atom stereocenters. The van der Waals surface area contributed by atoms with Gasteiger partial charge in [-0.2, -0.15) is 0 Å². The second-order valence-electron chi connectivity index (χ2n) is 5.07. The van der Waals surface area contributed by atoms with E-state index in [-0.39, 0.29) is 10.9 Å². The number of hydrogen-bond donors (Lipinski definition) is 2. The Labute approximate surface area is 124 Å². The maximum Gasteiger partial charge on any atom is 0.240 e. The van der Waals surface area contributed by atoms with Crippen molar-refractivity contribution in [2.45, 2.75) is 23.8 Å². The van der Waals surface area contributed by atoms with Gasteiger partial charge in [0.25, 0.3) is 0 Å². The van der Waals surface area contributed by atoms with E-state index in [2.05, 4.69) is 15.0 Å². The minimum absolute atomic E-state index is 0.102. The predicted molar refractivity (Wildman–Crippen MR) is 82.6 cm³/mol. The number of pyridine rings is 1. The van der Waals surface area contributed by atoms with Crippen LogP contribution in [0.15, 0.2) is 47.5 Å². The lowest BCUT2D eigenvalue weighted by atomic mass is 10.1. The van der Waals surface area contributed by atoms with Crippen molar-refractivity contribution in [2.75, 3.05) is 12.4 Å². The summed E-state index contributed by atoms with van der Waals surface area (Å²) < 4.78 is 27.3. The molecule has 1 heterocycles. The third-order valence-corrected chi connectivity index (χ3v) is 4.92. The zero-order chi connectivity index (χ0) is 14.9. The molecular weight excluding hydrogens is 286 g/mol. The van der Waals surface area contributed by atoms with Gasteiger partial charge in [-0.25, -0.2) is 18.1 Å². The van der Waals surface area contributed by atoms with E-state index in [0.29, 0.717) is 0 Å². The number of sulfonamides is 1. The molecule has 0 saturated heterocycles. The highest BCUT2D eigenvalue weighted by atomic mass is 32.2. The van der Waals surface area contributed by atoms with E-state index in [0.717, 1.165) is 29.8 Å². The lowest BCUT2D eigenvalue weighted by molar-refractivity contribution is 0.581. The van der Waals surface area contributed by atoms with Crippen LogP contribution in [0, 0.1) is 0 Å². The molecule has 1 aromatic heterocycles. The van der Waals surface area contributed by atoms with Crippen LogP contribution in [0.5, 0.6) is 0 Å². The van der Waals surface area contributed by atoms with Crippen LogP contribution in [0.3, 0.4) is 0 Å². The Morgan fingerprint density at radius 2 is 2.00 bits per heavy atom. The van der Waals surface area contributed by atoms with Crippen LogP contribution in [0.1, 0.15) is 12.8 Å². The van der Waals surface area contributed by atoms with E-state index in [1.807, 2.05) is 18.2 Å². The standard InChI is InChI=1S/C15H17N3O2S/c1-16-15-14(6-3-9-17-15)11-4-2-5-13(10-11)21(19,20)18-12-7-8-12/h2-6,9-10,12,18H,7-8H2,1H3,(H,16,17). The van der Waals surface area contributed by atoms with E-state index >= 15 is 0 Å². The van der Waals surface area contributed by atoms with E-state index in [1.54, 1.807) is 31.4 Å². The SMILES string of the molecule is CNc1ncccc1-c1cccc(S(=O)(=O)NC2CC2)c1. The summed E-state index contributed by atoms with van der Waals surface area (Å²) in [5.41, 5.74) is 1.70. The monoisotopic (exact) mass is 303 g/mol. The van der Waals surface area contributed by atoms with Crippen molar-refractivity contribution in [3.8, 4) is 11.1 Å². The summed E-state index contributed by atoms with van der Waals surface area (Å²) in [5.74, 6) is 0.724. The molecule has 3 rings (SSSR count). The number of benzene rings is 1. The quantitative estimate of drug-likeness (QED) is 0.888. The molecule has 2 N–H and O–H groups in total. The number of aromatic nitrogens is 1. The van der Waals surface area contributed by atoms with Gasteiger partial charge >= 0.3 is 0 Å². The largest absolute Gasteiger partial charge is 0.373 e. The smallest absolute Gasteiger partial charge is 0.240 e. The Morgan fingerprint density at radius 3 is 2.71 bits per heavy atom. The summed E-state index contributed by atoms with van der Waals surface area (Å²) in [6.07, 6.45) is 3.54. The van der Waals surface area contributed by atoms with E-state index in [4.69, 9.17) is 0 Å². The molecule has 0 bridgehead atoms. The van der Waals surface area contributed by atoms with Gasteiger partial charge in [-0.1, -0.05) is 12.1 Å². The van der Waals surface area contributed by atoms with Gasteiger partial charge in [-0.15, -0.1) is 0 Å². The number of hydrogen-bond acceptors (Lipinski definition) is 4. The fourth-order valence-corrected chi connectivity index (χ4v) is 3.51. The molecule has 2 aromatic rings. The topological polar surface area (TPSA) is 71.1 Å². The van der Waals surface area contributed by atoms with Crippen LogP contribution in [0.25, 0.3) is 11.1 Å². The van der Waals surface area contributed by atoms with E-state index in [9.17, 15) is 8.42 Å². The second-order valence-corrected chi connectivity index (χ2v) is 6.79. The molecule has 110 valence electrons. The molecule has 1 aliphatic rings. The minimum atomic E-state index is -3.44. The van der Waals surface area contributed by atoms with Crippen molar-refractivity contribution in [2.24, 2.45) is 0 Å². The molecule has 5 nitrogen and oxygen atoms in total. The highest BCUT2D eigenvalue weighted by Crippen LogP contribution is 2.28. The number of nitrogens with one attached hydrogen (secondary N) is 2. The highest BCUT2D eigenvalue weighted by Gasteiger charge is 2.28. The maximum absolute atomic E-state index is 12.3. The predicted octanol–water partition coefficient (Wildman–Crippen LogP) is 2.23. The van der Waals surface area contributed by atoms with Crippen LogP contribution < -0.4 is 10.0 Å². The van der Waals surface area contributed by atoms with Crippen LogP contribution >= 0.6 is 0 Å². The fraction of sp³-hybridized carbons (Fsp3) is 0.267. The average Bonchev–Trinajstić information content (AvgIpc) is 3.30. The van der Waals surface area contributed by atoms with Gasteiger partial charge in [0.05, 0.1) is 4.90 Å². The van der Waals surface area contributed by atoms with Crippen LogP contribution in [-0.2, 0) is 10.0 Å². The van der Waals surface area contributed by atoms with Gasteiger partial charge in [-0.05, 0) is 42.7 Å². The normalized spacial score (nSPS) is 14.9. The summed E-state index contributed by atoms with van der Waals surface area (Å²) >= 11 is 0. The Morgan fingerprint density at radius 1 is 1.19 bits per heavy atom. The van der Waals surface area contributed by atoms with Crippen molar-refractivity contribution >= 4 is 15.8 Å². The molecule has 21 heavy (non-hydrogen) atoms. The highest BCUT2D eigenvalue weighted by molar-refractivity contribution is 7.89. The third kappa shape index (κ3) is 3.06. The first kappa shape index (κ1) is 14.0. The van der Waals surface area contributed by atoms with E-state index in [1.165, 1.54) is 0 Å². The summed E-state index contributed by atoms with van der Waals surface area (Å²) in [7, 11) is -1.65. The van der Waals surface area contributed by atoms with Gasteiger partial charge in [0.1, 0.15) is 5.82 Å². The first-order chi connectivity index (χ1) is 10.1. The van der Waals surface area contributed by atoms with Crippen molar-refractivity contribution in [1.29, 1.82) is 0 Å². The molecule has 0 unspecified atom stereocenters. The van der Waals surface area contributed by atoms with Crippen LogP contribution in [0.4, 0.5) is 5.82 Å². The summed E-state index contributed by atoms with van der Waals surface area (Å²) in [6.45, 7) is 0. The first-order valence-electron chi connectivity index (χ1n) is 6.86. The molecule has 1 fully saturated rings. The minimum Gasteiger partial charge on any atom is -0.373 e. The van der Waals surface area contributed by atoms with Crippen molar-refractivity contribution in [3.05, 3.63) is 42.6 Å². The molecule has 1 saturated carbocycles. The first-order valence-corrected chi connectivity index (χ1v) is 8.34. The molecular formula is C15H17N3O2S. The van der Waals surface area contributed by atoms with Gasteiger partial charge in [0.15, 0.2) is 0 Å². The zero-order valence-electron chi connectivity index (χ0n) is 11.7. The molecule has 1 aromatic carbocycles. The van der Waals surface area contributed by atoms with Crippen LogP contribution in [-0.4, -0.2) is 26.5 Å². The maximum atomic E-state index is 12.3. The Hall–Kier alpha value is -1.92. The Balaban J connectivity index is 2.00. The molecule has 1 aliphatic carbocycles. The zero-order valence-corrected chi connectivity index (χ0v) is 12.5. The second kappa shape index (κ2) is 5.46. The number of rotatable bonds is 5. The molecule has 0 amide bonds. The molecule has 0 aliphatic heterocycles. The molecule has 6 heteroatoms. The summed E-state index contributed by atoms with van der Waals surface area (Å²) in [5, 5.41) is 3.02. The van der Waals surface area contributed by atoms with Gasteiger partial charge in [0.2, 0.25) is 10.0 Å². The molecule has 0 radical (unpaired) electrons. The van der Waals surface area contributed by atoms with Gasteiger partial charge in [0, 0.05) is 24.8 Å². The van der Waals surface area contributed by atoms with E-state index < -0.39 is 10.0 Å². The van der Waals surface area contributed by atoms with Gasteiger partial charge in [-0.3, -0.25) is 0 Å². The van der Waals surface area contributed by atoms with Crippen molar-refractivity contribution in [1.82, 2.24) is 9.71 Å². The Bertz CT molecular complexity index is 755. The summed E-state index contributed by atoms with van der Waals surface area (Å²) in [6, 6.07) is 10.8. The summed E-state index contributed by atoms with van der Waals surface area (Å²) in [4.78, 5) is 4.54. The Kier molecular flexibility index (Phi) is 3.65. The third-order valence-electron chi connectivity index (χ3n) is 3.40. The lowest BCUT2D eigenvalue weighted by Crippen LogP contribution is -2.25. The number of anilines is 1. The van der Waals surface area contributed by atoms with Crippen molar-refractivity contribution < 1.29 is 8.42 Å². The fourth-order valence-electron chi connectivity index (χ4n) is 2.16. The van der Waals surface area contributed by atoms with Gasteiger partial charge < -0.3 is 5.32 Å². The lowest BCUT2D eigenvalue weighted by Gasteiger charge is -2.10. The van der Waals surface area contributed by atoms with Crippen LogP contribution in [0.2, 0.25) is 0 Å². The average molecular weight is 303 g/mol.